The fraction of sp³-hybridized carbons (Fsp3) is 0.100. The lowest BCUT2D eigenvalue weighted by Gasteiger charge is -2.02. The standard InChI is InChI=1S/C10H8ClFO2S/c11-8-4-6(2-1-3-15)9(12)5-7(8)10(13)14/h1-2,4-5,15H,3H2,(H,13,14). The fourth-order valence-corrected chi connectivity index (χ4v) is 1.39. The minimum absolute atomic E-state index is 0.0164. The Morgan fingerprint density at radius 3 is 2.80 bits per heavy atom. The molecule has 0 atom stereocenters. The van der Waals surface area contributed by atoms with Crippen LogP contribution in [-0.2, 0) is 0 Å². The predicted octanol–water partition coefficient (Wildman–Crippen LogP) is 3.12. The maximum atomic E-state index is 13.3. The zero-order valence-electron chi connectivity index (χ0n) is 7.58. The van der Waals surface area contributed by atoms with Gasteiger partial charge in [-0.2, -0.15) is 12.6 Å². The molecule has 2 nitrogen and oxygen atoms in total. The highest BCUT2D eigenvalue weighted by Gasteiger charge is 2.12. The number of carboxylic acid groups (broad SMARTS) is 1. The minimum atomic E-state index is -1.25. The molecule has 0 bridgehead atoms. The van der Waals surface area contributed by atoms with Gasteiger partial charge in [-0.1, -0.05) is 23.8 Å². The largest absolute Gasteiger partial charge is 0.478 e. The lowest BCUT2D eigenvalue weighted by atomic mass is 10.1. The average Bonchev–Trinajstić information content (AvgIpc) is 2.18. The van der Waals surface area contributed by atoms with Gasteiger partial charge in [0.1, 0.15) is 5.82 Å². The van der Waals surface area contributed by atoms with Crippen LogP contribution < -0.4 is 0 Å². The van der Waals surface area contributed by atoms with Gasteiger partial charge >= 0.3 is 5.97 Å². The Hall–Kier alpha value is -1.000. The third kappa shape index (κ3) is 2.97. The van der Waals surface area contributed by atoms with Gasteiger partial charge in [-0.25, -0.2) is 9.18 Å². The summed E-state index contributed by atoms with van der Waals surface area (Å²) in [4.78, 5) is 10.6. The van der Waals surface area contributed by atoms with Gasteiger partial charge in [0.2, 0.25) is 0 Å². The van der Waals surface area contributed by atoms with E-state index >= 15 is 0 Å². The molecule has 0 radical (unpaired) electrons. The fourth-order valence-electron chi connectivity index (χ4n) is 1.03. The summed E-state index contributed by atoms with van der Waals surface area (Å²) in [6, 6.07) is 2.18. The molecule has 0 aliphatic heterocycles. The van der Waals surface area contributed by atoms with Gasteiger partial charge in [0.05, 0.1) is 10.6 Å². The molecule has 0 saturated carbocycles. The first-order valence-electron chi connectivity index (χ1n) is 4.06. The van der Waals surface area contributed by atoms with Gasteiger partial charge in [-0.15, -0.1) is 0 Å². The highest BCUT2D eigenvalue weighted by molar-refractivity contribution is 7.80. The predicted molar refractivity (Wildman–Crippen MR) is 61.3 cm³/mol. The molecular weight excluding hydrogens is 239 g/mol. The lowest BCUT2D eigenvalue weighted by Crippen LogP contribution is -1.99. The first-order chi connectivity index (χ1) is 7.06. The molecule has 1 aromatic rings. The normalized spacial score (nSPS) is 10.9. The van der Waals surface area contributed by atoms with Crippen LogP contribution >= 0.6 is 24.2 Å². The highest BCUT2D eigenvalue weighted by atomic mass is 35.5. The summed E-state index contributed by atoms with van der Waals surface area (Å²) in [6.45, 7) is 0. The summed E-state index contributed by atoms with van der Waals surface area (Å²) in [7, 11) is 0. The van der Waals surface area contributed by atoms with E-state index in [9.17, 15) is 9.18 Å². The van der Waals surface area contributed by atoms with Crippen LogP contribution in [0, 0.1) is 5.82 Å². The van der Waals surface area contributed by atoms with E-state index in [0.29, 0.717) is 5.75 Å². The van der Waals surface area contributed by atoms with Crippen molar-refractivity contribution in [2.24, 2.45) is 0 Å². The SMILES string of the molecule is O=C(O)c1cc(F)c(C=CCS)cc1Cl. The molecule has 0 fully saturated rings. The lowest BCUT2D eigenvalue weighted by molar-refractivity contribution is 0.0696. The molecule has 1 aromatic carbocycles. The Bertz CT molecular complexity index is 418. The number of aromatic carboxylic acids is 1. The number of hydrogen-bond acceptors (Lipinski definition) is 2. The highest BCUT2D eigenvalue weighted by Crippen LogP contribution is 2.21. The maximum Gasteiger partial charge on any atom is 0.337 e. The number of thiol groups is 1. The van der Waals surface area contributed by atoms with E-state index < -0.39 is 11.8 Å². The zero-order chi connectivity index (χ0) is 11.4. The van der Waals surface area contributed by atoms with E-state index in [1.54, 1.807) is 6.08 Å². The third-order valence-electron chi connectivity index (χ3n) is 1.72. The molecule has 5 heteroatoms. The first kappa shape index (κ1) is 12.1. The Balaban J connectivity index is 3.19. The molecule has 0 amide bonds. The molecular formula is C10H8ClFO2S. The monoisotopic (exact) mass is 246 g/mol. The van der Waals surface area contributed by atoms with E-state index in [4.69, 9.17) is 16.7 Å². The van der Waals surface area contributed by atoms with Crippen LogP contribution in [0.25, 0.3) is 6.08 Å². The van der Waals surface area contributed by atoms with E-state index in [0.717, 1.165) is 6.07 Å². The number of halogens is 2. The molecule has 0 saturated heterocycles. The summed E-state index contributed by atoms with van der Waals surface area (Å²) in [6.07, 6.45) is 3.14. The molecule has 0 unspecified atom stereocenters. The molecule has 0 aromatic heterocycles. The second kappa shape index (κ2) is 5.19. The molecule has 0 aliphatic rings. The van der Waals surface area contributed by atoms with Gasteiger partial charge in [-0.05, 0) is 12.1 Å². The molecule has 0 spiro atoms. The number of rotatable bonds is 3. The van der Waals surface area contributed by atoms with Crippen molar-refractivity contribution in [1.82, 2.24) is 0 Å². The Morgan fingerprint density at radius 2 is 2.27 bits per heavy atom. The van der Waals surface area contributed by atoms with E-state index in [1.807, 2.05) is 0 Å². The minimum Gasteiger partial charge on any atom is -0.478 e. The van der Waals surface area contributed by atoms with Crippen LogP contribution in [0.4, 0.5) is 4.39 Å². The van der Waals surface area contributed by atoms with E-state index in [-0.39, 0.29) is 16.1 Å². The third-order valence-corrected chi connectivity index (χ3v) is 2.24. The van der Waals surface area contributed by atoms with Gasteiger partial charge in [0, 0.05) is 11.3 Å². The maximum absolute atomic E-state index is 13.3. The van der Waals surface area contributed by atoms with Crippen molar-refractivity contribution >= 4 is 36.3 Å². The number of benzene rings is 1. The smallest absolute Gasteiger partial charge is 0.337 e. The summed E-state index contributed by atoms with van der Waals surface area (Å²) in [5, 5.41) is 8.69. The number of hydrogen-bond donors (Lipinski definition) is 2. The van der Waals surface area contributed by atoms with Crippen molar-refractivity contribution in [2.45, 2.75) is 0 Å². The van der Waals surface area contributed by atoms with Gasteiger partial charge in [-0.3, -0.25) is 0 Å². The Morgan fingerprint density at radius 1 is 1.60 bits per heavy atom. The summed E-state index contributed by atoms with van der Waals surface area (Å²) >= 11 is 9.60. The zero-order valence-corrected chi connectivity index (χ0v) is 9.23. The Labute approximate surface area is 96.8 Å². The van der Waals surface area contributed by atoms with Crippen LogP contribution in [0.3, 0.4) is 0 Å². The Kier molecular flexibility index (Phi) is 4.17. The quantitative estimate of drug-likeness (QED) is 0.804. The second-order valence-electron chi connectivity index (χ2n) is 2.74. The van der Waals surface area contributed by atoms with Crippen molar-refractivity contribution in [3.8, 4) is 0 Å². The van der Waals surface area contributed by atoms with Crippen molar-refractivity contribution in [3.63, 3.8) is 0 Å². The van der Waals surface area contributed by atoms with Gasteiger partial charge < -0.3 is 5.11 Å². The van der Waals surface area contributed by atoms with E-state index in [2.05, 4.69) is 12.6 Å². The molecule has 0 heterocycles. The van der Waals surface area contributed by atoms with Crippen LogP contribution in [0.1, 0.15) is 15.9 Å². The van der Waals surface area contributed by atoms with Gasteiger partial charge in [0.15, 0.2) is 0 Å². The summed E-state index contributed by atoms with van der Waals surface area (Å²) in [5.41, 5.74) is 0.0104. The van der Waals surface area contributed by atoms with Crippen LogP contribution in [0.5, 0.6) is 0 Å². The van der Waals surface area contributed by atoms with Crippen LogP contribution in [0.15, 0.2) is 18.2 Å². The summed E-state index contributed by atoms with van der Waals surface area (Å²) < 4.78 is 13.3. The molecule has 80 valence electrons. The first-order valence-corrected chi connectivity index (χ1v) is 5.07. The van der Waals surface area contributed by atoms with Crippen LogP contribution in [0.2, 0.25) is 5.02 Å². The molecule has 1 rings (SSSR count). The molecule has 15 heavy (non-hydrogen) atoms. The average molecular weight is 247 g/mol. The number of carboxylic acids is 1. The summed E-state index contributed by atoms with van der Waals surface area (Å²) in [5.74, 6) is -1.39. The number of carbonyl (C=O) groups is 1. The van der Waals surface area contributed by atoms with E-state index in [1.165, 1.54) is 12.1 Å². The topological polar surface area (TPSA) is 37.3 Å². The van der Waals surface area contributed by atoms with Gasteiger partial charge in [0.25, 0.3) is 0 Å². The molecule has 1 N–H and O–H groups in total. The van der Waals surface area contributed by atoms with Crippen LogP contribution in [-0.4, -0.2) is 16.8 Å². The van der Waals surface area contributed by atoms with Crippen molar-refractivity contribution in [1.29, 1.82) is 0 Å². The molecule has 0 aliphatic carbocycles. The van der Waals surface area contributed by atoms with Crippen molar-refractivity contribution in [2.75, 3.05) is 5.75 Å². The van der Waals surface area contributed by atoms with Crippen molar-refractivity contribution < 1.29 is 14.3 Å². The van der Waals surface area contributed by atoms with Crippen molar-refractivity contribution in [3.05, 3.63) is 40.2 Å². The second-order valence-corrected chi connectivity index (χ2v) is 3.52.